The van der Waals surface area contributed by atoms with Gasteiger partial charge in [0.15, 0.2) is 5.76 Å². The zero-order chi connectivity index (χ0) is 17.3. The van der Waals surface area contributed by atoms with E-state index in [0.717, 1.165) is 0 Å². The van der Waals surface area contributed by atoms with Crippen molar-refractivity contribution in [2.75, 3.05) is 13.7 Å². The van der Waals surface area contributed by atoms with Crippen LogP contribution < -0.4 is 4.72 Å². The molecule has 2 aromatic rings. The van der Waals surface area contributed by atoms with Crippen molar-refractivity contribution in [1.82, 2.24) is 9.88 Å². The minimum absolute atomic E-state index is 0.00973. The summed E-state index contributed by atoms with van der Waals surface area (Å²) >= 11 is 0. The van der Waals surface area contributed by atoms with Gasteiger partial charge in [-0.3, -0.25) is 0 Å². The van der Waals surface area contributed by atoms with Crippen molar-refractivity contribution in [3.8, 4) is 0 Å². The highest BCUT2D eigenvalue weighted by molar-refractivity contribution is 7.89. The van der Waals surface area contributed by atoms with E-state index in [1.807, 2.05) is 0 Å². The van der Waals surface area contributed by atoms with Crippen LogP contribution >= 0.6 is 0 Å². The lowest BCUT2D eigenvalue weighted by Crippen LogP contribution is -2.40. The quantitative estimate of drug-likeness (QED) is 0.871. The molecule has 1 heterocycles. The fraction of sp³-hybridized carbons (Fsp3) is 0.400. The number of nitrogens with zero attached hydrogens (tertiary/aromatic N) is 1. The summed E-state index contributed by atoms with van der Waals surface area (Å²) in [6, 6.07) is 6.08. The fourth-order valence-corrected chi connectivity index (χ4v) is 3.78. The number of hydrogen-bond acceptors (Lipinski definition) is 5. The van der Waals surface area contributed by atoms with E-state index in [4.69, 9.17) is 9.26 Å². The molecule has 0 aliphatic rings. The Balaban J connectivity index is 2.29. The standard InChI is InChI=1S/C15H19FN2O4S/c1-10-14(11(2)22-18-10)23(19,20)17-9-15(3,21-4)12-7-5-6-8-13(12)16/h5-8,17H,9H2,1-4H3/t15-/m0/s1. The summed E-state index contributed by atoms with van der Waals surface area (Å²) in [7, 11) is -2.45. The Labute approximate surface area is 134 Å². The fourth-order valence-electron chi connectivity index (χ4n) is 2.33. The molecule has 1 aromatic heterocycles. The van der Waals surface area contributed by atoms with Crippen molar-refractivity contribution in [1.29, 1.82) is 0 Å². The van der Waals surface area contributed by atoms with Crippen LogP contribution in [0.1, 0.15) is 23.9 Å². The molecule has 1 atom stereocenters. The van der Waals surface area contributed by atoms with Gasteiger partial charge in [0.2, 0.25) is 10.0 Å². The normalized spacial score (nSPS) is 14.7. The first-order chi connectivity index (χ1) is 10.7. The number of aromatic nitrogens is 1. The Hall–Kier alpha value is -1.77. The number of methoxy groups -OCH3 is 1. The van der Waals surface area contributed by atoms with Crippen molar-refractivity contribution in [3.05, 3.63) is 47.1 Å². The molecule has 6 nitrogen and oxygen atoms in total. The average molecular weight is 342 g/mol. The first-order valence-electron chi connectivity index (χ1n) is 6.94. The predicted octanol–water partition coefficient (Wildman–Crippen LogP) is 2.27. The molecule has 1 aromatic carbocycles. The summed E-state index contributed by atoms with van der Waals surface area (Å²) in [5.41, 5.74) is -0.624. The number of hydrogen-bond donors (Lipinski definition) is 1. The molecule has 0 bridgehead atoms. The van der Waals surface area contributed by atoms with E-state index in [0.29, 0.717) is 0 Å². The van der Waals surface area contributed by atoms with Gasteiger partial charge in [-0.15, -0.1) is 0 Å². The topological polar surface area (TPSA) is 81.4 Å². The lowest BCUT2D eigenvalue weighted by atomic mass is 9.95. The van der Waals surface area contributed by atoms with Gasteiger partial charge in [-0.2, -0.15) is 0 Å². The highest BCUT2D eigenvalue weighted by atomic mass is 32.2. The van der Waals surface area contributed by atoms with Crippen LogP contribution in [0.25, 0.3) is 0 Å². The molecule has 0 amide bonds. The molecule has 0 fully saturated rings. The zero-order valence-corrected chi connectivity index (χ0v) is 14.2. The highest BCUT2D eigenvalue weighted by Gasteiger charge is 2.33. The molecule has 126 valence electrons. The van der Waals surface area contributed by atoms with Crippen molar-refractivity contribution in [3.63, 3.8) is 0 Å². The van der Waals surface area contributed by atoms with Gasteiger partial charge in [0, 0.05) is 19.2 Å². The lowest BCUT2D eigenvalue weighted by molar-refractivity contribution is 0.00409. The third-order valence-electron chi connectivity index (χ3n) is 3.73. The second-order valence-corrected chi connectivity index (χ2v) is 7.10. The highest BCUT2D eigenvalue weighted by Crippen LogP contribution is 2.27. The number of nitrogens with one attached hydrogen (secondary N) is 1. The molecular weight excluding hydrogens is 323 g/mol. The molecule has 0 unspecified atom stereocenters. The van der Waals surface area contributed by atoms with E-state index in [1.165, 1.54) is 27.0 Å². The molecule has 0 saturated carbocycles. The van der Waals surface area contributed by atoms with E-state index in [1.54, 1.807) is 25.1 Å². The summed E-state index contributed by atoms with van der Waals surface area (Å²) < 4.78 is 51.6. The molecule has 0 spiro atoms. The molecule has 0 radical (unpaired) electrons. The van der Waals surface area contributed by atoms with Gasteiger partial charge >= 0.3 is 0 Å². The van der Waals surface area contributed by atoms with Gasteiger partial charge in [-0.05, 0) is 26.8 Å². The Kier molecular flexibility index (Phi) is 4.88. The molecule has 1 N–H and O–H groups in total. The van der Waals surface area contributed by atoms with Crippen LogP contribution in [0.5, 0.6) is 0 Å². The van der Waals surface area contributed by atoms with Crippen molar-refractivity contribution < 1.29 is 22.1 Å². The maximum absolute atomic E-state index is 14.0. The van der Waals surface area contributed by atoms with Crippen LogP contribution in [0.4, 0.5) is 4.39 Å². The summed E-state index contributed by atoms with van der Waals surface area (Å²) in [5.74, 6) is -0.270. The maximum atomic E-state index is 14.0. The second kappa shape index (κ2) is 6.38. The molecule has 0 aliphatic heterocycles. The van der Waals surface area contributed by atoms with Gasteiger partial charge in [0.05, 0.1) is 0 Å². The first-order valence-corrected chi connectivity index (χ1v) is 8.42. The second-order valence-electron chi connectivity index (χ2n) is 5.39. The average Bonchev–Trinajstić information content (AvgIpc) is 2.85. The molecule has 8 heteroatoms. The Morgan fingerprint density at radius 2 is 2.00 bits per heavy atom. The largest absolute Gasteiger partial charge is 0.372 e. The van der Waals surface area contributed by atoms with Crippen molar-refractivity contribution in [2.24, 2.45) is 0 Å². The van der Waals surface area contributed by atoms with Gasteiger partial charge in [-0.1, -0.05) is 23.4 Å². The van der Waals surface area contributed by atoms with Crippen LogP contribution in [-0.4, -0.2) is 27.2 Å². The third kappa shape index (κ3) is 3.44. The monoisotopic (exact) mass is 342 g/mol. The van der Waals surface area contributed by atoms with E-state index in [9.17, 15) is 12.8 Å². The van der Waals surface area contributed by atoms with Gasteiger partial charge in [0.25, 0.3) is 0 Å². The van der Waals surface area contributed by atoms with Crippen LogP contribution in [0, 0.1) is 19.7 Å². The summed E-state index contributed by atoms with van der Waals surface area (Å²) in [6.07, 6.45) is 0. The minimum Gasteiger partial charge on any atom is -0.372 e. The lowest BCUT2D eigenvalue weighted by Gasteiger charge is -2.29. The minimum atomic E-state index is -3.85. The SMILES string of the molecule is CO[C@@](C)(CNS(=O)(=O)c1c(C)noc1C)c1ccccc1F. The number of benzene rings is 1. The number of aryl methyl sites for hydroxylation is 2. The van der Waals surface area contributed by atoms with E-state index < -0.39 is 21.4 Å². The van der Waals surface area contributed by atoms with Crippen LogP contribution in [0.2, 0.25) is 0 Å². The molecule has 2 rings (SSSR count). The van der Waals surface area contributed by atoms with Crippen molar-refractivity contribution in [2.45, 2.75) is 31.3 Å². The number of sulfonamides is 1. The van der Waals surface area contributed by atoms with E-state index >= 15 is 0 Å². The Bertz CT molecular complexity index is 784. The number of ether oxygens (including phenoxy) is 1. The first kappa shape index (κ1) is 17.6. The van der Waals surface area contributed by atoms with E-state index in [2.05, 4.69) is 9.88 Å². The van der Waals surface area contributed by atoms with Crippen LogP contribution in [0.15, 0.2) is 33.7 Å². The Morgan fingerprint density at radius 3 is 2.52 bits per heavy atom. The summed E-state index contributed by atoms with van der Waals surface area (Å²) in [6.45, 7) is 4.52. The molecular formula is C15H19FN2O4S. The van der Waals surface area contributed by atoms with Gasteiger partial charge < -0.3 is 9.26 Å². The number of halogens is 1. The van der Waals surface area contributed by atoms with E-state index in [-0.39, 0.29) is 28.5 Å². The molecule has 23 heavy (non-hydrogen) atoms. The van der Waals surface area contributed by atoms with Crippen LogP contribution in [-0.2, 0) is 20.4 Å². The van der Waals surface area contributed by atoms with Gasteiger partial charge in [0.1, 0.15) is 22.0 Å². The summed E-state index contributed by atoms with van der Waals surface area (Å²) in [5, 5.41) is 3.63. The predicted molar refractivity (Wildman–Crippen MR) is 81.9 cm³/mol. The van der Waals surface area contributed by atoms with Crippen molar-refractivity contribution >= 4 is 10.0 Å². The van der Waals surface area contributed by atoms with Crippen LogP contribution in [0.3, 0.4) is 0 Å². The number of rotatable bonds is 6. The summed E-state index contributed by atoms with van der Waals surface area (Å²) in [4.78, 5) is -0.00973. The van der Waals surface area contributed by atoms with Gasteiger partial charge in [-0.25, -0.2) is 17.5 Å². The maximum Gasteiger partial charge on any atom is 0.246 e. The molecule has 0 saturated heterocycles. The smallest absolute Gasteiger partial charge is 0.246 e. The molecule has 0 aliphatic carbocycles. The zero-order valence-electron chi connectivity index (χ0n) is 13.4. The third-order valence-corrected chi connectivity index (χ3v) is 5.37. The Morgan fingerprint density at radius 1 is 1.35 bits per heavy atom.